The van der Waals surface area contributed by atoms with Crippen molar-refractivity contribution >= 4 is 0 Å². The quantitative estimate of drug-likeness (QED) is 0.720. The van der Waals surface area contributed by atoms with Gasteiger partial charge in [-0.05, 0) is 45.4 Å². The Hall–Kier alpha value is -0.0800. The average molecular weight is 196 g/mol. The van der Waals surface area contributed by atoms with Crippen LogP contribution in [-0.2, 0) is 0 Å². The molecule has 1 aliphatic heterocycles. The largest absolute Gasteiger partial charge is 0.313 e. The van der Waals surface area contributed by atoms with E-state index in [9.17, 15) is 0 Å². The summed E-state index contributed by atoms with van der Waals surface area (Å²) in [6.45, 7) is 5.81. The van der Waals surface area contributed by atoms with Gasteiger partial charge >= 0.3 is 0 Å². The summed E-state index contributed by atoms with van der Waals surface area (Å²) < 4.78 is 0. The molecular weight excluding hydrogens is 172 g/mol. The van der Waals surface area contributed by atoms with Crippen LogP contribution in [0.25, 0.3) is 0 Å². The third-order valence-corrected chi connectivity index (χ3v) is 4.02. The van der Waals surface area contributed by atoms with Gasteiger partial charge in [-0.1, -0.05) is 6.42 Å². The van der Waals surface area contributed by atoms with Crippen LogP contribution in [0.2, 0.25) is 0 Å². The predicted molar refractivity (Wildman–Crippen MR) is 60.4 cm³/mol. The molecule has 14 heavy (non-hydrogen) atoms. The van der Waals surface area contributed by atoms with E-state index in [2.05, 4.69) is 24.5 Å². The van der Waals surface area contributed by atoms with Gasteiger partial charge in [0, 0.05) is 24.7 Å². The summed E-state index contributed by atoms with van der Waals surface area (Å²) in [5.41, 5.74) is 0. The summed E-state index contributed by atoms with van der Waals surface area (Å²) in [7, 11) is 0. The molecule has 1 saturated heterocycles. The van der Waals surface area contributed by atoms with Gasteiger partial charge in [-0.15, -0.1) is 0 Å². The number of hydrogen-bond donors (Lipinski definition) is 2. The Balaban J connectivity index is 1.68. The molecule has 3 unspecified atom stereocenters. The van der Waals surface area contributed by atoms with E-state index in [1.54, 1.807) is 0 Å². The smallest absolute Gasteiger partial charge is 0.0195 e. The van der Waals surface area contributed by atoms with Crippen LogP contribution >= 0.6 is 0 Å². The first-order valence-electron chi connectivity index (χ1n) is 6.25. The molecule has 1 heterocycles. The molecule has 82 valence electrons. The van der Waals surface area contributed by atoms with Crippen LogP contribution in [0.5, 0.6) is 0 Å². The molecule has 2 N–H and O–H groups in total. The molecule has 1 aliphatic carbocycles. The van der Waals surface area contributed by atoms with Gasteiger partial charge in [0.2, 0.25) is 0 Å². The minimum Gasteiger partial charge on any atom is -0.313 e. The first-order valence-corrected chi connectivity index (χ1v) is 6.25. The number of rotatable bonds is 3. The summed E-state index contributed by atoms with van der Waals surface area (Å²) in [5.74, 6) is 0.967. The van der Waals surface area contributed by atoms with Crippen molar-refractivity contribution in [3.63, 3.8) is 0 Å². The van der Waals surface area contributed by atoms with Crippen molar-refractivity contribution in [1.82, 2.24) is 10.6 Å². The van der Waals surface area contributed by atoms with E-state index in [1.807, 2.05) is 0 Å². The van der Waals surface area contributed by atoms with Crippen molar-refractivity contribution in [3.8, 4) is 0 Å². The van der Waals surface area contributed by atoms with E-state index in [4.69, 9.17) is 0 Å². The Kier molecular flexibility index (Phi) is 3.45. The highest BCUT2D eigenvalue weighted by atomic mass is 15.0. The van der Waals surface area contributed by atoms with Gasteiger partial charge in [-0.25, -0.2) is 0 Å². The van der Waals surface area contributed by atoms with E-state index in [1.165, 1.54) is 32.1 Å². The monoisotopic (exact) mass is 196 g/mol. The van der Waals surface area contributed by atoms with E-state index in [-0.39, 0.29) is 0 Å². The second-order valence-electron chi connectivity index (χ2n) is 5.23. The van der Waals surface area contributed by atoms with Crippen LogP contribution in [0.1, 0.15) is 46.0 Å². The van der Waals surface area contributed by atoms with Crippen LogP contribution in [0.15, 0.2) is 0 Å². The molecule has 0 aromatic rings. The zero-order chi connectivity index (χ0) is 9.97. The van der Waals surface area contributed by atoms with Crippen molar-refractivity contribution in [2.24, 2.45) is 5.92 Å². The van der Waals surface area contributed by atoms with Crippen LogP contribution in [-0.4, -0.2) is 24.7 Å². The minimum atomic E-state index is 0.724. The topological polar surface area (TPSA) is 24.1 Å². The number of nitrogens with one attached hydrogen (secondary N) is 2. The molecule has 3 atom stereocenters. The molecular formula is C12H24N2. The lowest BCUT2D eigenvalue weighted by Crippen LogP contribution is -2.51. The molecule has 0 aromatic heterocycles. The summed E-state index contributed by atoms with van der Waals surface area (Å²) in [6, 6.07) is 2.19. The molecule has 1 saturated carbocycles. The van der Waals surface area contributed by atoms with Gasteiger partial charge in [-0.2, -0.15) is 0 Å². The standard InChI is InChI=1S/C12H24N2/c1-9-6-7-12(8-13-9)14-10(2)11-4-3-5-11/h9-14H,3-8H2,1-2H3. The molecule has 2 heteroatoms. The molecule has 2 rings (SSSR count). The summed E-state index contributed by atoms with van der Waals surface area (Å²) in [4.78, 5) is 0. The first-order chi connectivity index (χ1) is 6.75. The normalized spacial score (nSPS) is 36.4. The first kappa shape index (κ1) is 10.4. The van der Waals surface area contributed by atoms with Crippen molar-refractivity contribution in [2.45, 2.75) is 64.1 Å². The third kappa shape index (κ3) is 2.48. The maximum absolute atomic E-state index is 3.78. The fourth-order valence-electron chi connectivity index (χ4n) is 2.59. The SMILES string of the molecule is CC1CCC(NC(C)C2CCC2)CN1. The van der Waals surface area contributed by atoms with Gasteiger partial charge in [-0.3, -0.25) is 0 Å². The van der Waals surface area contributed by atoms with Gasteiger partial charge in [0.05, 0.1) is 0 Å². The van der Waals surface area contributed by atoms with Gasteiger partial charge in [0.15, 0.2) is 0 Å². The Bertz CT molecular complexity index is 169. The lowest BCUT2D eigenvalue weighted by atomic mass is 9.80. The van der Waals surface area contributed by atoms with Gasteiger partial charge in [0.1, 0.15) is 0 Å². The molecule has 2 fully saturated rings. The van der Waals surface area contributed by atoms with Crippen molar-refractivity contribution in [3.05, 3.63) is 0 Å². The second kappa shape index (κ2) is 4.63. The van der Waals surface area contributed by atoms with E-state index < -0.39 is 0 Å². The minimum absolute atomic E-state index is 0.724. The molecule has 0 spiro atoms. The lowest BCUT2D eigenvalue weighted by molar-refractivity contribution is 0.210. The molecule has 0 aromatic carbocycles. The highest BCUT2D eigenvalue weighted by Crippen LogP contribution is 2.29. The number of piperidine rings is 1. The molecule has 2 aliphatic rings. The van der Waals surface area contributed by atoms with E-state index in [0.717, 1.165) is 30.6 Å². The van der Waals surface area contributed by atoms with Crippen LogP contribution in [0, 0.1) is 5.92 Å². The van der Waals surface area contributed by atoms with Crippen LogP contribution in [0.3, 0.4) is 0 Å². The fourth-order valence-corrected chi connectivity index (χ4v) is 2.59. The molecule has 2 nitrogen and oxygen atoms in total. The highest BCUT2D eigenvalue weighted by Gasteiger charge is 2.26. The van der Waals surface area contributed by atoms with E-state index in [0.29, 0.717) is 0 Å². The molecule has 0 radical (unpaired) electrons. The lowest BCUT2D eigenvalue weighted by Gasteiger charge is -2.37. The Morgan fingerprint density at radius 2 is 2.00 bits per heavy atom. The maximum atomic E-state index is 3.78. The number of hydrogen-bond acceptors (Lipinski definition) is 2. The van der Waals surface area contributed by atoms with Crippen molar-refractivity contribution < 1.29 is 0 Å². The van der Waals surface area contributed by atoms with Crippen molar-refractivity contribution in [1.29, 1.82) is 0 Å². The molecule has 0 amide bonds. The second-order valence-corrected chi connectivity index (χ2v) is 5.23. The Morgan fingerprint density at radius 3 is 2.50 bits per heavy atom. The summed E-state index contributed by atoms with van der Waals surface area (Å²) in [6.07, 6.45) is 7.03. The van der Waals surface area contributed by atoms with E-state index >= 15 is 0 Å². The zero-order valence-corrected chi connectivity index (χ0v) is 9.55. The Labute approximate surface area is 87.8 Å². The highest BCUT2D eigenvalue weighted by molar-refractivity contribution is 4.86. The maximum Gasteiger partial charge on any atom is 0.0195 e. The predicted octanol–water partition coefficient (Wildman–Crippen LogP) is 1.91. The van der Waals surface area contributed by atoms with Gasteiger partial charge in [0.25, 0.3) is 0 Å². The Morgan fingerprint density at radius 1 is 1.21 bits per heavy atom. The zero-order valence-electron chi connectivity index (χ0n) is 9.55. The van der Waals surface area contributed by atoms with Crippen LogP contribution < -0.4 is 10.6 Å². The fraction of sp³-hybridized carbons (Fsp3) is 1.00. The molecule has 0 bridgehead atoms. The van der Waals surface area contributed by atoms with Crippen LogP contribution in [0.4, 0.5) is 0 Å². The summed E-state index contributed by atoms with van der Waals surface area (Å²) >= 11 is 0. The van der Waals surface area contributed by atoms with Crippen molar-refractivity contribution in [2.75, 3.05) is 6.54 Å². The average Bonchev–Trinajstić information content (AvgIpc) is 2.06. The summed E-state index contributed by atoms with van der Waals surface area (Å²) in [5, 5.41) is 7.33. The third-order valence-electron chi connectivity index (χ3n) is 4.02. The van der Waals surface area contributed by atoms with Gasteiger partial charge < -0.3 is 10.6 Å².